The van der Waals surface area contributed by atoms with Crippen molar-refractivity contribution in [3.63, 3.8) is 0 Å². The van der Waals surface area contributed by atoms with E-state index >= 15 is 0 Å². The number of nitrogens with zero attached hydrogens (tertiary/aromatic N) is 4. The minimum absolute atomic E-state index is 0.0182. The fourth-order valence-corrected chi connectivity index (χ4v) is 2.85. The van der Waals surface area contributed by atoms with Gasteiger partial charge in [-0.1, -0.05) is 12.1 Å². The number of benzene rings is 1. The number of nitriles is 1. The quantitative estimate of drug-likeness (QED) is 0.755. The van der Waals surface area contributed by atoms with E-state index in [9.17, 15) is 33.1 Å². The molecule has 1 heterocycles. The second-order valence-electron chi connectivity index (χ2n) is 6.36. The largest absolute Gasteiger partial charge is 0.490 e. The Bertz CT molecular complexity index is 1050. The van der Waals surface area contributed by atoms with Crippen LogP contribution in [-0.2, 0) is 20.3 Å². The van der Waals surface area contributed by atoms with E-state index < -0.39 is 41.4 Å². The fourth-order valence-electron chi connectivity index (χ4n) is 2.85. The molecule has 2 aromatic rings. The van der Waals surface area contributed by atoms with Crippen molar-refractivity contribution in [2.24, 2.45) is 14.1 Å². The van der Waals surface area contributed by atoms with E-state index in [4.69, 9.17) is 4.74 Å². The van der Waals surface area contributed by atoms with Gasteiger partial charge in [-0.3, -0.25) is 13.9 Å². The summed E-state index contributed by atoms with van der Waals surface area (Å²) in [5, 5.41) is 19.5. The molecule has 156 valence electrons. The second-order valence-corrected chi connectivity index (χ2v) is 6.36. The van der Waals surface area contributed by atoms with Gasteiger partial charge < -0.3 is 14.7 Å². The summed E-state index contributed by atoms with van der Waals surface area (Å²) in [5.41, 5.74) is -2.73. The molecule has 1 N–H and O–H groups in total. The van der Waals surface area contributed by atoms with Gasteiger partial charge in [0.1, 0.15) is 30.3 Å². The molecule has 29 heavy (non-hydrogen) atoms. The van der Waals surface area contributed by atoms with Gasteiger partial charge in [0.15, 0.2) is 5.56 Å². The fraction of sp³-hybridized carbons (Fsp3) is 0.389. The summed E-state index contributed by atoms with van der Waals surface area (Å²) in [7, 11) is 4.02. The molecular weight excluding hydrogens is 393 g/mol. The van der Waals surface area contributed by atoms with Crippen molar-refractivity contribution in [2.45, 2.75) is 12.3 Å². The molecule has 0 aliphatic carbocycles. The number of halogens is 3. The van der Waals surface area contributed by atoms with Gasteiger partial charge in [-0.15, -0.1) is 0 Å². The summed E-state index contributed by atoms with van der Waals surface area (Å²) in [6.07, 6.45) is -5.88. The molecule has 1 aromatic carbocycles. The Morgan fingerprint density at radius 3 is 2.45 bits per heavy atom. The number of hydrogen-bond acceptors (Lipinski definition) is 6. The van der Waals surface area contributed by atoms with Crippen LogP contribution in [0.25, 0.3) is 0 Å². The topological polar surface area (TPSA) is 100 Å². The van der Waals surface area contributed by atoms with Gasteiger partial charge in [-0.2, -0.15) is 18.4 Å². The Balaban J connectivity index is 2.20. The van der Waals surface area contributed by atoms with Crippen LogP contribution in [0.2, 0.25) is 0 Å². The molecule has 11 heteroatoms. The zero-order valence-electron chi connectivity index (χ0n) is 15.9. The van der Waals surface area contributed by atoms with Crippen LogP contribution >= 0.6 is 0 Å². The number of aromatic nitrogens is 2. The summed E-state index contributed by atoms with van der Waals surface area (Å²) >= 11 is 0. The van der Waals surface area contributed by atoms with E-state index in [1.54, 1.807) is 6.07 Å². The Morgan fingerprint density at radius 1 is 1.24 bits per heavy atom. The first-order chi connectivity index (χ1) is 13.5. The van der Waals surface area contributed by atoms with Crippen LogP contribution in [0.1, 0.15) is 11.1 Å². The average Bonchev–Trinajstić information content (AvgIpc) is 2.66. The van der Waals surface area contributed by atoms with E-state index in [0.29, 0.717) is 0 Å². The van der Waals surface area contributed by atoms with Crippen LogP contribution < -0.4 is 20.9 Å². The van der Waals surface area contributed by atoms with Crippen molar-refractivity contribution in [1.29, 1.82) is 5.26 Å². The van der Waals surface area contributed by atoms with E-state index in [0.717, 1.165) is 21.3 Å². The van der Waals surface area contributed by atoms with Crippen LogP contribution in [0.15, 0.2) is 33.9 Å². The standard InChI is InChI=1S/C18H19F3N4O4/c1-23(15-12(8-22)16(27)25(3)17(28)24(15)2)9-11(26)10-29-14-7-5-4-6-13(14)18(19,20)21/h4-7,11,26H,9-10H2,1-3H3. The summed E-state index contributed by atoms with van der Waals surface area (Å²) < 4.78 is 46.0. The normalized spacial score (nSPS) is 12.3. The number of rotatable bonds is 6. The predicted octanol–water partition coefficient (Wildman–Crippen LogP) is 0.851. The zero-order valence-corrected chi connectivity index (χ0v) is 15.9. The van der Waals surface area contributed by atoms with Gasteiger partial charge >= 0.3 is 11.9 Å². The molecular formula is C18H19F3N4O4. The summed E-state index contributed by atoms with van der Waals surface area (Å²) in [6.45, 7) is -0.679. The molecule has 0 aliphatic rings. The highest BCUT2D eigenvalue weighted by molar-refractivity contribution is 5.53. The highest BCUT2D eigenvalue weighted by Crippen LogP contribution is 2.35. The molecule has 0 saturated heterocycles. The molecule has 0 spiro atoms. The van der Waals surface area contributed by atoms with Gasteiger partial charge in [0.05, 0.1) is 5.56 Å². The van der Waals surface area contributed by atoms with Crippen molar-refractivity contribution >= 4 is 5.82 Å². The van der Waals surface area contributed by atoms with Crippen LogP contribution in [0.5, 0.6) is 5.75 Å². The third-order valence-electron chi connectivity index (χ3n) is 4.22. The van der Waals surface area contributed by atoms with Crippen molar-refractivity contribution in [1.82, 2.24) is 9.13 Å². The number of aliphatic hydroxyl groups excluding tert-OH is 1. The highest BCUT2D eigenvalue weighted by Gasteiger charge is 2.34. The minimum atomic E-state index is -4.61. The molecule has 1 unspecified atom stereocenters. The molecule has 0 aliphatic heterocycles. The van der Waals surface area contributed by atoms with Crippen molar-refractivity contribution < 1.29 is 23.0 Å². The maximum absolute atomic E-state index is 13.0. The van der Waals surface area contributed by atoms with E-state index in [2.05, 4.69) is 0 Å². The second kappa shape index (κ2) is 8.40. The summed E-state index contributed by atoms with van der Waals surface area (Å²) in [6, 6.07) is 6.33. The number of hydrogen-bond donors (Lipinski definition) is 1. The Kier molecular flexibility index (Phi) is 6.38. The van der Waals surface area contributed by atoms with Gasteiger partial charge in [-0.25, -0.2) is 4.79 Å². The monoisotopic (exact) mass is 412 g/mol. The third-order valence-corrected chi connectivity index (χ3v) is 4.22. The molecule has 0 amide bonds. The molecule has 1 aromatic heterocycles. The Hall–Kier alpha value is -3.26. The lowest BCUT2D eigenvalue weighted by Crippen LogP contribution is -2.43. The summed E-state index contributed by atoms with van der Waals surface area (Å²) in [5.74, 6) is -0.448. The highest BCUT2D eigenvalue weighted by atomic mass is 19.4. The van der Waals surface area contributed by atoms with Gasteiger partial charge in [-0.05, 0) is 12.1 Å². The minimum Gasteiger partial charge on any atom is -0.490 e. The molecule has 0 bridgehead atoms. The van der Waals surface area contributed by atoms with Crippen molar-refractivity contribution in [3.05, 3.63) is 56.2 Å². The number of aliphatic hydroxyl groups is 1. The molecule has 2 rings (SSSR count). The van der Waals surface area contributed by atoms with Gasteiger partial charge in [0, 0.05) is 27.7 Å². The van der Waals surface area contributed by atoms with Crippen LogP contribution in [0.4, 0.5) is 19.0 Å². The lowest BCUT2D eigenvalue weighted by molar-refractivity contribution is -0.139. The molecule has 0 saturated carbocycles. The van der Waals surface area contributed by atoms with E-state index in [1.165, 1.54) is 38.2 Å². The molecule has 1 atom stereocenters. The first-order valence-corrected chi connectivity index (χ1v) is 8.37. The van der Waals surface area contributed by atoms with E-state index in [1.807, 2.05) is 0 Å². The number of likely N-dealkylation sites (N-methyl/N-ethyl adjacent to an activating group) is 1. The van der Waals surface area contributed by atoms with Crippen LogP contribution in [0, 0.1) is 11.3 Å². The Morgan fingerprint density at radius 2 is 1.86 bits per heavy atom. The van der Waals surface area contributed by atoms with E-state index in [-0.39, 0.29) is 17.9 Å². The lowest BCUT2D eigenvalue weighted by atomic mass is 10.2. The first-order valence-electron chi connectivity index (χ1n) is 8.37. The average molecular weight is 412 g/mol. The maximum atomic E-state index is 13.0. The van der Waals surface area contributed by atoms with Gasteiger partial charge in [0.2, 0.25) is 0 Å². The van der Waals surface area contributed by atoms with Crippen LogP contribution in [0.3, 0.4) is 0 Å². The molecule has 8 nitrogen and oxygen atoms in total. The summed E-state index contributed by atoms with van der Waals surface area (Å²) in [4.78, 5) is 25.5. The number of alkyl halides is 3. The molecule has 0 radical (unpaired) electrons. The Labute approximate surface area is 163 Å². The molecule has 0 fully saturated rings. The van der Waals surface area contributed by atoms with Crippen LogP contribution in [-0.4, -0.2) is 40.5 Å². The zero-order chi connectivity index (χ0) is 21.9. The van der Waals surface area contributed by atoms with Crippen molar-refractivity contribution in [3.8, 4) is 11.8 Å². The lowest BCUT2D eigenvalue weighted by Gasteiger charge is -2.25. The number of anilines is 1. The van der Waals surface area contributed by atoms with Crippen molar-refractivity contribution in [2.75, 3.05) is 25.1 Å². The third kappa shape index (κ3) is 4.60. The SMILES string of the molecule is CN(CC(O)COc1ccccc1C(F)(F)F)c1c(C#N)c(=O)n(C)c(=O)n1C. The maximum Gasteiger partial charge on any atom is 0.419 e. The predicted molar refractivity (Wildman–Crippen MR) is 97.9 cm³/mol. The number of ether oxygens (including phenoxy) is 1. The first kappa shape index (κ1) is 22.0. The number of para-hydroxylation sites is 1. The smallest absolute Gasteiger partial charge is 0.419 e. The van der Waals surface area contributed by atoms with Gasteiger partial charge in [0.25, 0.3) is 5.56 Å².